The van der Waals surface area contributed by atoms with Crippen LogP contribution in [0.2, 0.25) is 0 Å². The number of hydrogen-bond acceptors (Lipinski definition) is 5. The number of aliphatic hydroxyl groups excluding tert-OH is 4. The number of furan rings is 1. The van der Waals surface area contributed by atoms with Gasteiger partial charge in [-0.25, -0.2) is 0 Å². The molecule has 5 nitrogen and oxygen atoms in total. The Morgan fingerprint density at radius 3 is 1.93 bits per heavy atom. The Kier molecular flexibility index (Phi) is 11.6. The Bertz CT molecular complexity index is 531. The van der Waals surface area contributed by atoms with Gasteiger partial charge in [-0.15, -0.1) is 0 Å². The van der Waals surface area contributed by atoms with E-state index in [1.54, 1.807) is 12.5 Å². The van der Waals surface area contributed by atoms with Crippen molar-refractivity contribution >= 4 is 0 Å². The highest BCUT2D eigenvalue weighted by molar-refractivity contribution is 5.03. The molecule has 0 aliphatic heterocycles. The third kappa shape index (κ3) is 6.09. The molecule has 3 fully saturated rings. The van der Waals surface area contributed by atoms with E-state index in [0.29, 0.717) is 11.8 Å². The van der Waals surface area contributed by atoms with E-state index in [0.717, 1.165) is 45.6 Å². The number of hydrogen-bond donors (Lipinski definition) is 4. The van der Waals surface area contributed by atoms with Crippen LogP contribution < -0.4 is 0 Å². The zero-order valence-electron chi connectivity index (χ0n) is 19.8. The first-order valence-corrected chi connectivity index (χ1v) is 11.8. The molecule has 3 saturated carbocycles. The molecule has 4 N–H and O–H groups in total. The summed E-state index contributed by atoms with van der Waals surface area (Å²) in [5.74, 6) is 1.53. The van der Waals surface area contributed by atoms with E-state index >= 15 is 0 Å². The van der Waals surface area contributed by atoms with Crippen LogP contribution >= 0.6 is 0 Å². The zero-order chi connectivity index (χ0) is 22.8. The lowest BCUT2D eigenvalue weighted by atomic mass is 9.53. The Labute approximate surface area is 183 Å². The molecular formula is C25H46O5. The predicted octanol–water partition coefficient (Wildman–Crippen LogP) is 4.64. The van der Waals surface area contributed by atoms with Gasteiger partial charge in [-0.2, -0.15) is 0 Å². The van der Waals surface area contributed by atoms with Gasteiger partial charge in [-0.05, 0) is 92.1 Å². The van der Waals surface area contributed by atoms with E-state index in [2.05, 4.69) is 18.3 Å². The van der Waals surface area contributed by atoms with Gasteiger partial charge in [0, 0.05) is 13.7 Å². The minimum absolute atomic E-state index is 0.113. The molecule has 0 radical (unpaired) electrons. The number of aliphatic hydroxyl groups is 4. The molecule has 1 heterocycles. The van der Waals surface area contributed by atoms with Gasteiger partial charge in [0.15, 0.2) is 0 Å². The minimum Gasteiger partial charge on any atom is -0.473 e. The maximum absolute atomic E-state index is 10.3. The van der Waals surface area contributed by atoms with Gasteiger partial charge >= 0.3 is 0 Å². The topological polar surface area (TPSA) is 94.1 Å². The summed E-state index contributed by atoms with van der Waals surface area (Å²) in [6.07, 6.45) is 11.2. The SMILES string of the molecule is CC.CC12CCC(C3(C)CCC(O)CC3CO)CC1CCC2O.CO.c1ccoc1. The minimum atomic E-state index is -0.225. The lowest BCUT2D eigenvalue weighted by Gasteiger charge is -2.53. The van der Waals surface area contributed by atoms with Gasteiger partial charge < -0.3 is 24.8 Å². The summed E-state index contributed by atoms with van der Waals surface area (Å²) >= 11 is 0. The molecule has 30 heavy (non-hydrogen) atoms. The number of rotatable bonds is 2. The standard InChI is InChI=1S/C18H32O3.C4H4O.C2H6.CH4O/c1-17(8-6-15(20)10-14(17)11-19)13-5-7-18(2)12(9-13)3-4-16(18)21;1-2-4-5-3-1;2*1-2/h12-16,19-21H,3-11H2,1-2H3;1-4H;1-2H3;2H,1H3. The zero-order valence-corrected chi connectivity index (χ0v) is 19.8. The second-order valence-electron chi connectivity index (χ2n) is 9.37. The summed E-state index contributed by atoms with van der Waals surface area (Å²) in [5.41, 5.74) is 0.304. The lowest BCUT2D eigenvalue weighted by Crippen LogP contribution is -2.47. The molecular weight excluding hydrogens is 380 g/mol. The number of fused-ring (bicyclic) bond motifs is 1. The van der Waals surface area contributed by atoms with E-state index in [1.807, 2.05) is 26.0 Å². The van der Waals surface area contributed by atoms with Crippen molar-refractivity contribution in [3.8, 4) is 0 Å². The molecule has 1 aromatic heterocycles. The average Bonchev–Trinajstić information content (AvgIpc) is 3.45. The fourth-order valence-electron chi connectivity index (χ4n) is 6.04. The second-order valence-corrected chi connectivity index (χ2v) is 9.37. The quantitative estimate of drug-likeness (QED) is 0.553. The maximum Gasteiger partial charge on any atom is 0.0902 e. The predicted molar refractivity (Wildman–Crippen MR) is 121 cm³/mol. The van der Waals surface area contributed by atoms with Gasteiger partial charge in [-0.1, -0.05) is 27.7 Å². The van der Waals surface area contributed by atoms with Crippen molar-refractivity contribution in [2.24, 2.45) is 28.6 Å². The molecule has 0 amide bonds. The van der Waals surface area contributed by atoms with Crippen LogP contribution in [-0.2, 0) is 0 Å². The molecule has 3 aliphatic rings. The fourth-order valence-corrected chi connectivity index (χ4v) is 6.04. The molecule has 7 unspecified atom stereocenters. The summed E-state index contributed by atoms with van der Waals surface area (Å²) in [7, 11) is 1.00. The van der Waals surface area contributed by atoms with Crippen LogP contribution in [0.15, 0.2) is 29.1 Å². The molecule has 3 aliphatic carbocycles. The molecule has 0 spiro atoms. The molecule has 1 aromatic rings. The summed E-state index contributed by atoms with van der Waals surface area (Å²) in [4.78, 5) is 0. The summed E-state index contributed by atoms with van der Waals surface area (Å²) < 4.78 is 4.58. The van der Waals surface area contributed by atoms with Crippen LogP contribution in [0.1, 0.15) is 79.1 Å². The Balaban J connectivity index is 0.000000424. The van der Waals surface area contributed by atoms with Gasteiger partial charge in [0.25, 0.3) is 0 Å². The van der Waals surface area contributed by atoms with Crippen molar-refractivity contribution in [2.75, 3.05) is 13.7 Å². The molecule has 0 bridgehead atoms. The maximum atomic E-state index is 10.3. The van der Waals surface area contributed by atoms with Crippen molar-refractivity contribution in [3.63, 3.8) is 0 Å². The molecule has 0 aromatic carbocycles. The van der Waals surface area contributed by atoms with Gasteiger partial charge in [-0.3, -0.25) is 0 Å². The summed E-state index contributed by atoms with van der Waals surface area (Å²) in [5, 5.41) is 37.0. The first-order valence-electron chi connectivity index (χ1n) is 11.8. The largest absolute Gasteiger partial charge is 0.473 e. The average molecular weight is 427 g/mol. The molecule has 0 saturated heterocycles. The van der Waals surface area contributed by atoms with E-state index in [-0.39, 0.29) is 35.6 Å². The van der Waals surface area contributed by atoms with Crippen molar-refractivity contribution < 1.29 is 24.8 Å². The molecule has 176 valence electrons. The van der Waals surface area contributed by atoms with Crippen LogP contribution in [-0.4, -0.2) is 46.4 Å². The van der Waals surface area contributed by atoms with Crippen molar-refractivity contribution in [1.29, 1.82) is 0 Å². The highest BCUT2D eigenvalue weighted by atomic mass is 16.3. The van der Waals surface area contributed by atoms with E-state index in [1.165, 1.54) is 12.8 Å². The Morgan fingerprint density at radius 1 is 0.833 bits per heavy atom. The molecule has 5 heteroatoms. The van der Waals surface area contributed by atoms with Gasteiger partial charge in [0.05, 0.1) is 24.7 Å². The van der Waals surface area contributed by atoms with Gasteiger partial charge in [0.1, 0.15) is 0 Å². The van der Waals surface area contributed by atoms with E-state index in [9.17, 15) is 15.3 Å². The monoisotopic (exact) mass is 426 g/mol. The van der Waals surface area contributed by atoms with Crippen LogP contribution in [0.3, 0.4) is 0 Å². The lowest BCUT2D eigenvalue weighted by molar-refractivity contribution is -0.0818. The van der Waals surface area contributed by atoms with Crippen molar-refractivity contribution in [3.05, 3.63) is 24.7 Å². The van der Waals surface area contributed by atoms with Crippen LogP contribution in [0.25, 0.3) is 0 Å². The summed E-state index contributed by atoms with van der Waals surface area (Å²) in [6.45, 7) is 8.83. The van der Waals surface area contributed by atoms with E-state index in [4.69, 9.17) is 5.11 Å². The van der Waals surface area contributed by atoms with Crippen molar-refractivity contribution in [1.82, 2.24) is 0 Å². The smallest absolute Gasteiger partial charge is 0.0902 e. The fraction of sp³-hybridized carbons (Fsp3) is 0.840. The highest BCUT2D eigenvalue weighted by Gasteiger charge is 2.53. The third-order valence-corrected chi connectivity index (χ3v) is 8.17. The van der Waals surface area contributed by atoms with Crippen LogP contribution in [0.4, 0.5) is 0 Å². The van der Waals surface area contributed by atoms with Gasteiger partial charge in [0.2, 0.25) is 0 Å². The summed E-state index contributed by atoms with van der Waals surface area (Å²) in [6, 6.07) is 3.67. The van der Waals surface area contributed by atoms with Crippen LogP contribution in [0, 0.1) is 28.6 Å². The third-order valence-electron chi connectivity index (χ3n) is 8.17. The van der Waals surface area contributed by atoms with E-state index < -0.39 is 0 Å². The van der Waals surface area contributed by atoms with Crippen LogP contribution in [0.5, 0.6) is 0 Å². The normalized spacial score (nSPS) is 39.8. The molecule has 7 atom stereocenters. The Hall–Kier alpha value is -0.880. The highest BCUT2D eigenvalue weighted by Crippen LogP contribution is 2.59. The second kappa shape index (κ2) is 12.8. The Morgan fingerprint density at radius 2 is 1.40 bits per heavy atom. The van der Waals surface area contributed by atoms with Crippen molar-refractivity contribution in [2.45, 2.75) is 91.3 Å². The molecule has 4 rings (SSSR count). The first-order chi connectivity index (χ1) is 14.4. The first kappa shape index (κ1) is 27.2.